The topological polar surface area (TPSA) is 27.0 Å². The standard InChI is InChI=1S/C30H21BrN2/c1-3-20(19-32)18-23(4-2)33(24-8-6-5-7-9-24)28-17-13-22-10-14-25-27(31)16-12-21-11-15-26(28)30(22)29(21)25/h3-18H,1H2,2H3/b20-18+,23-4+. The van der Waals surface area contributed by atoms with Crippen LogP contribution in [0.5, 0.6) is 0 Å². The summed E-state index contributed by atoms with van der Waals surface area (Å²) in [5.41, 5.74) is 3.52. The molecule has 33 heavy (non-hydrogen) atoms. The van der Waals surface area contributed by atoms with Crippen LogP contribution in [0.25, 0.3) is 32.3 Å². The molecule has 3 heteroatoms. The number of nitrogens with zero attached hydrogens (tertiary/aromatic N) is 2. The molecule has 0 atom stereocenters. The minimum Gasteiger partial charge on any atom is -0.310 e. The first-order valence-corrected chi connectivity index (χ1v) is 11.6. The Morgan fingerprint density at radius 3 is 2.18 bits per heavy atom. The van der Waals surface area contributed by atoms with Crippen molar-refractivity contribution >= 4 is 59.6 Å². The van der Waals surface area contributed by atoms with Crippen LogP contribution in [0.2, 0.25) is 0 Å². The van der Waals surface area contributed by atoms with Crippen molar-refractivity contribution in [3.63, 3.8) is 0 Å². The second-order valence-electron chi connectivity index (χ2n) is 7.85. The fraction of sp³-hybridized carbons (Fsp3) is 0.0333. The molecule has 0 aliphatic rings. The largest absolute Gasteiger partial charge is 0.310 e. The van der Waals surface area contributed by atoms with Crippen LogP contribution in [-0.4, -0.2) is 0 Å². The van der Waals surface area contributed by atoms with E-state index in [1.165, 1.54) is 26.9 Å². The Morgan fingerprint density at radius 1 is 0.879 bits per heavy atom. The van der Waals surface area contributed by atoms with Gasteiger partial charge in [0.15, 0.2) is 0 Å². The Kier molecular flexibility index (Phi) is 5.46. The predicted molar refractivity (Wildman–Crippen MR) is 144 cm³/mol. The van der Waals surface area contributed by atoms with E-state index in [2.05, 4.69) is 94.1 Å². The monoisotopic (exact) mass is 488 g/mol. The molecule has 0 aromatic heterocycles. The highest BCUT2D eigenvalue weighted by atomic mass is 79.9. The summed E-state index contributed by atoms with van der Waals surface area (Å²) in [5.74, 6) is 0. The lowest BCUT2D eigenvalue weighted by Crippen LogP contribution is -2.16. The normalized spacial score (nSPS) is 12.4. The molecule has 0 bridgehead atoms. The maximum absolute atomic E-state index is 9.54. The van der Waals surface area contributed by atoms with Gasteiger partial charge in [0.05, 0.1) is 17.3 Å². The smallest absolute Gasteiger partial charge is 0.0992 e. The van der Waals surface area contributed by atoms with E-state index in [1.807, 2.05) is 37.3 Å². The molecule has 158 valence electrons. The predicted octanol–water partition coefficient (Wildman–Crippen LogP) is 9.02. The zero-order valence-electron chi connectivity index (χ0n) is 18.2. The van der Waals surface area contributed by atoms with Crippen molar-refractivity contribution in [3.05, 3.63) is 119 Å². The lowest BCUT2D eigenvalue weighted by Gasteiger charge is -2.28. The van der Waals surface area contributed by atoms with Crippen LogP contribution in [0.1, 0.15) is 6.92 Å². The highest BCUT2D eigenvalue weighted by Crippen LogP contribution is 2.43. The minimum absolute atomic E-state index is 0.519. The molecule has 0 radical (unpaired) electrons. The third kappa shape index (κ3) is 3.50. The highest BCUT2D eigenvalue weighted by Gasteiger charge is 2.19. The molecule has 5 rings (SSSR count). The molecule has 5 aromatic rings. The fourth-order valence-electron chi connectivity index (χ4n) is 4.52. The van der Waals surface area contributed by atoms with Gasteiger partial charge >= 0.3 is 0 Å². The molecule has 0 aliphatic heterocycles. The van der Waals surface area contributed by atoms with Gasteiger partial charge < -0.3 is 4.90 Å². The number of nitriles is 1. The Bertz CT molecular complexity index is 1600. The Labute approximate surface area is 201 Å². The van der Waals surface area contributed by atoms with Crippen molar-refractivity contribution in [2.45, 2.75) is 6.92 Å². The van der Waals surface area contributed by atoms with Crippen LogP contribution in [0.4, 0.5) is 11.4 Å². The van der Waals surface area contributed by atoms with Crippen LogP contribution < -0.4 is 4.90 Å². The maximum Gasteiger partial charge on any atom is 0.0992 e. The van der Waals surface area contributed by atoms with Gasteiger partial charge in [-0.05, 0) is 64.2 Å². The summed E-state index contributed by atoms with van der Waals surface area (Å²) in [6.07, 6.45) is 5.51. The van der Waals surface area contributed by atoms with Crippen molar-refractivity contribution in [1.82, 2.24) is 0 Å². The number of hydrogen-bond donors (Lipinski definition) is 0. The van der Waals surface area contributed by atoms with Gasteiger partial charge in [-0.1, -0.05) is 89.3 Å². The van der Waals surface area contributed by atoms with Gasteiger partial charge in [0.2, 0.25) is 0 Å². The van der Waals surface area contributed by atoms with Gasteiger partial charge in [-0.3, -0.25) is 0 Å². The summed E-state index contributed by atoms with van der Waals surface area (Å²) in [6.45, 7) is 5.79. The molecule has 0 heterocycles. The van der Waals surface area contributed by atoms with Crippen LogP contribution >= 0.6 is 15.9 Å². The van der Waals surface area contributed by atoms with E-state index in [0.29, 0.717) is 5.57 Å². The van der Waals surface area contributed by atoms with Crippen LogP contribution in [-0.2, 0) is 0 Å². The maximum atomic E-state index is 9.54. The molecule has 0 fully saturated rings. The first-order valence-electron chi connectivity index (χ1n) is 10.8. The second-order valence-corrected chi connectivity index (χ2v) is 8.71. The van der Waals surface area contributed by atoms with Crippen LogP contribution in [0.15, 0.2) is 119 Å². The number of para-hydroxylation sites is 1. The van der Waals surface area contributed by atoms with Crippen molar-refractivity contribution in [2.24, 2.45) is 0 Å². The Balaban J connectivity index is 1.87. The zero-order valence-corrected chi connectivity index (χ0v) is 19.8. The van der Waals surface area contributed by atoms with Gasteiger partial charge in [0, 0.05) is 21.2 Å². The third-order valence-corrected chi connectivity index (χ3v) is 6.74. The summed E-state index contributed by atoms with van der Waals surface area (Å²) in [5, 5.41) is 16.8. The van der Waals surface area contributed by atoms with Crippen molar-refractivity contribution in [2.75, 3.05) is 4.90 Å². The van der Waals surface area contributed by atoms with Crippen molar-refractivity contribution in [3.8, 4) is 6.07 Å². The molecule has 0 N–H and O–H groups in total. The van der Waals surface area contributed by atoms with E-state index in [1.54, 1.807) is 6.08 Å². The molecule has 2 nitrogen and oxygen atoms in total. The van der Waals surface area contributed by atoms with Crippen LogP contribution in [0, 0.1) is 11.3 Å². The van der Waals surface area contributed by atoms with Gasteiger partial charge in [-0.15, -0.1) is 0 Å². The summed E-state index contributed by atoms with van der Waals surface area (Å²) in [6, 6.07) is 29.9. The Hall–Kier alpha value is -3.87. The molecular weight excluding hydrogens is 468 g/mol. The number of halogens is 1. The average Bonchev–Trinajstić information content (AvgIpc) is 2.87. The molecule has 0 saturated heterocycles. The molecular formula is C30H21BrN2. The van der Waals surface area contributed by atoms with Gasteiger partial charge in [0.1, 0.15) is 0 Å². The number of rotatable bonds is 5. The molecule has 0 spiro atoms. The quantitative estimate of drug-likeness (QED) is 0.140. The van der Waals surface area contributed by atoms with Gasteiger partial charge in [0.25, 0.3) is 0 Å². The van der Waals surface area contributed by atoms with Gasteiger partial charge in [-0.2, -0.15) is 5.26 Å². The Morgan fingerprint density at radius 2 is 1.52 bits per heavy atom. The highest BCUT2D eigenvalue weighted by molar-refractivity contribution is 9.10. The van der Waals surface area contributed by atoms with E-state index in [9.17, 15) is 5.26 Å². The van der Waals surface area contributed by atoms with E-state index >= 15 is 0 Å². The lowest BCUT2D eigenvalue weighted by atomic mass is 9.93. The van der Waals surface area contributed by atoms with Gasteiger partial charge in [-0.25, -0.2) is 0 Å². The molecule has 0 amide bonds. The number of anilines is 2. The molecule has 5 aromatic carbocycles. The van der Waals surface area contributed by atoms with E-state index < -0.39 is 0 Å². The first kappa shape index (κ1) is 21.0. The van der Waals surface area contributed by atoms with E-state index in [0.717, 1.165) is 26.9 Å². The number of benzene rings is 5. The van der Waals surface area contributed by atoms with E-state index in [4.69, 9.17) is 0 Å². The first-order chi connectivity index (χ1) is 16.2. The summed E-state index contributed by atoms with van der Waals surface area (Å²) in [4.78, 5) is 2.21. The van der Waals surface area contributed by atoms with Crippen molar-refractivity contribution < 1.29 is 0 Å². The molecule has 0 unspecified atom stereocenters. The molecule has 0 aliphatic carbocycles. The summed E-state index contributed by atoms with van der Waals surface area (Å²) in [7, 11) is 0. The number of hydrogen-bond acceptors (Lipinski definition) is 2. The second kappa shape index (κ2) is 8.58. The number of allylic oxidation sites excluding steroid dienone is 4. The third-order valence-electron chi connectivity index (χ3n) is 6.05. The summed E-state index contributed by atoms with van der Waals surface area (Å²) >= 11 is 3.74. The summed E-state index contributed by atoms with van der Waals surface area (Å²) < 4.78 is 1.09. The van der Waals surface area contributed by atoms with Crippen molar-refractivity contribution in [1.29, 1.82) is 5.26 Å². The lowest BCUT2D eigenvalue weighted by molar-refractivity contribution is 1.21. The fourth-order valence-corrected chi connectivity index (χ4v) is 4.99. The SMILES string of the molecule is C=C/C(C#N)=C\C(=C/C)N(c1ccccc1)c1ccc2ccc3c(Br)ccc4ccc1c2c43. The van der Waals surface area contributed by atoms with E-state index in [-0.39, 0.29) is 0 Å². The minimum atomic E-state index is 0.519. The average molecular weight is 489 g/mol. The molecule has 0 saturated carbocycles. The zero-order chi connectivity index (χ0) is 22.9. The van der Waals surface area contributed by atoms with Crippen LogP contribution in [0.3, 0.4) is 0 Å².